The lowest BCUT2D eigenvalue weighted by molar-refractivity contribution is -0.118. The van der Waals surface area contributed by atoms with Crippen LogP contribution in [0, 0.1) is 0 Å². The quantitative estimate of drug-likeness (QED) is 0.763. The molecule has 1 aromatic carbocycles. The lowest BCUT2D eigenvalue weighted by Gasteiger charge is -2.16. The third-order valence-corrected chi connectivity index (χ3v) is 2.80. The molecule has 0 aliphatic heterocycles. The minimum atomic E-state index is -0.354. The van der Waals surface area contributed by atoms with E-state index in [1.807, 2.05) is 37.3 Å². The Morgan fingerprint density at radius 3 is 2.50 bits per heavy atom. The molecule has 0 aromatic heterocycles. The molecule has 2 nitrogen and oxygen atoms in total. The van der Waals surface area contributed by atoms with Gasteiger partial charge in [0.2, 0.25) is 5.91 Å². The SMILES string of the molecule is C[C@@H](c1ccccc1)C(Cl)CC(N)=O. The number of benzene rings is 1. The fourth-order valence-corrected chi connectivity index (χ4v) is 1.63. The molecular formula is C11H14ClNO. The van der Waals surface area contributed by atoms with Gasteiger partial charge in [-0.05, 0) is 11.5 Å². The van der Waals surface area contributed by atoms with Gasteiger partial charge in [-0.3, -0.25) is 4.79 Å². The zero-order valence-corrected chi connectivity index (χ0v) is 8.87. The largest absolute Gasteiger partial charge is 0.370 e. The lowest BCUT2D eigenvalue weighted by Crippen LogP contribution is -2.20. The Bertz CT molecular complexity index is 299. The highest BCUT2D eigenvalue weighted by Crippen LogP contribution is 2.24. The molecule has 0 saturated carbocycles. The van der Waals surface area contributed by atoms with Crippen LogP contribution in [0.2, 0.25) is 0 Å². The van der Waals surface area contributed by atoms with Crippen molar-refractivity contribution >= 4 is 17.5 Å². The van der Waals surface area contributed by atoms with Crippen molar-refractivity contribution in [3.8, 4) is 0 Å². The molecule has 1 unspecified atom stereocenters. The van der Waals surface area contributed by atoms with Crippen LogP contribution < -0.4 is 5.73 Å². The van der Waals surface area contributed by atoms with Crippen LogP contribution in [0.3, 0.4) is 0 Å². The summed E-state index contributed by atoms with van der Waals surface area (Å²) < 4.78 is 0. The zero-order chi connectivity index (χ0) is 10.6. The summed E-state index contributed by atoms with van der Waals surface area (Å²) in [5.74, 6) is -0.210. The van der Waals surface area contributed by atoms with E-state index in [0.717, 1.165) is 5.56 Å². The summed E-state index contributed by atoms with van der Waals surface area (Å²) in [6.45, 7) is 2.00. The number of carbonyl (C=O) groups is 1. The van der Waals surface area contributed by atoms with E-state index in [1.165, 1.54) is 0 Å². The van der Waals surface area contributed by atoms with Crippen LogP contribution in [0.1, 0.15) is 24.8 Å². The topological polar surface area (TPSA) is 43.1 Å². The summed E-state index contributed by atoms with van der Waals surface area (Å²) in [5.41, 5.74) is 6.22. The van der Waals surface area contributed by atoms with Gasteiger partial charge in [-0.25, -0.2) is 0 Å². The first kappa shape index (κ1) is 11.1. The average molecular weight is 212 g/mol. The van der Waals surface area contributed by atoms with Gasteiger partial charge < -0.3 is 5.73 Å². The lowest BCUT2D eigenvalue weighted by atomic mass is 9.96. The number of carbonyl (C=O) groups excluding carboxylic acids is 1. The van der Waals surface area contributed by atoms with Gasteiger partial charge in [-0.1, -0.05) is 37.3 Å². The van der Waals surface area contributed by atoms with Crippen LogP contribution >= 0.6 is 11.6 Å². The van der Waals surface area contributed by atoms with E-state index in [0.29, 0.717) is 0 Å². The van der Waals surface area contributed by atoms with Gasteiger partial charge >= 0.3 is 0 Å². The van der Waals surface area contributed by atoms with Crippen LogP contribution in [0.15, 0.2) is 30.3 Å². The molecule has 1 amide bonds. The summed E-state index contributed by atoms with van der Waals surface area (Å²) in [6, 6.07) is 9.87. The monoisotopic (exact) mass is 211 g/mol. The van der Waals surface area contributed by atoms with E-state index in [2.05, 4.69) is 0 Å². The van der Waals surface area contributed by atoms with Crippen molar-refractivity contribution in [2.24, 2.45) is 5.73 Å². The van der Waals surface area contributed by atoms with Crippen LogP contribution in [-0.2, 0) is 4.79 Å². The maximum atomic E-state index is 10.7. The van der Waals surface area contributed by atoms with E-state index in [4.69, 9.17) is 17.3 Å². The molecular weight excluding hydrogens is 198 g/mol. The van der Waals surface area contributed by atoms with Crippen LogP contribution in [-0.4, -0.2) is 11.3 Å². The third kappa shape index (κ3) is 3.04. The Morgan fingerprint density at radius 2 is 2.00 bits per heavy atom. The second kappa shape index (κ2) is 5.01. The van der Waals surface area contributed by atoms with Crippen molar-refractivity contribution in [2.75, 3.05) is 0 Å². The summed E-state index contributed by atoms with van der Waals surface area (Å²) in [6.07, 6.45) is 0.220. The van der Waals surface area contributed by atoms with E-state index >= 15 is 0 Å². The molecule has 2 N–H and O–H groups in total. The Labute approximate surface area is 89.1 Å². The number of hydrogen-bond acceptors (Lipinski definition) is 1. The first-order valence-corrected chi connectivity index (χ1v) is 5.02. The molecule has 0 saturated heterocycles. The van der Waals surface area contributed by atoms with Crippen molar-refractivity contribution in [1.29, 1.82) is 0 Å². The number of halogens is 1. The van der Waals surface area contributed by atoms with E-state index in [1.54, 1.807) is 0 Å². The molecule has 0 fully saturated rings. The molecule has 0 aliphatic rings. The number of primary amides is 1. The summed E-state index contributed by atoms with van der Waals surface area (Å²) in [7, 11) is 0. The molecule has 0 spiro atoms. The Kier molecular flexibility index (Phi) is 3.96. The first-order chi connectivity index (χ1) is 6.61. The van der Waals surface area contributed by atoms with Crippen molar-refractivity contribution in [3.05, 3.63) is 35.9 Å². The Balaban J connectivity index is 2.65. The summed E-state index contributed by atoms with van der Waals surface area (Å²) >= 11 is 6.06. The van der Waals surface area contributed by atoms with Crippen LogP contribution in [0.4, 0.5) is 0 Å². The average Bonchev–Trinajstić information content (AvgIpc) is 2.17. The smallest absolute Gasteiger partial charge is 0.218 e. The summed E-state index contributed by atoms with van der Waals surface area (Å²) in [4.78, 5) is 10.7. The Hall–Kier alpha value is -1.02. The fraction of sp³-hybridized carbons (Fsp3) is 0.364. The highest BCUT2D eigenvalue weighted by molar-refractivity contribution is 6.22. The zero-order valence-electron chi connectivity index (χ0n) is 8.11. The van der Waals surface area contributed by atoms with Gasteiger partial charge in [0.05, 0.1) is 0 Å². The maximum absolute atomic E-state index is 10.7. The standard InChI is InChI=1S/C11H14ClNO/c1-8(10(12)7-11(13)14)9-5-3-2-4-6-9/h2-6,8,10H,7H2,1H3,(H2,13,14)/t8-,10?/m0/s1. The molecule has 76 valence electrons. The predicted octanol–water partition coefficient (Wildman–Crippen LogP) is 2.27. The second-order valence-electron chi connectivity index (χ2n) is 3.39. The first-order valence-electron chi connectivity index (χ1n) is 4.58. The van der Waals surface area contributed by atoms with Crippen molar-refractivity contribution < 1.29 is 4.79 Å². The van der Waals surface area contributed by atoms with Crippen molar-refractivity contribution in [2.45, 2.75) is 24.6 Å². The number of hydrogen-bond donors (Lipinski definition) is 1. The molecule has 0 aliphatic carbocycles. The van der Waals surface area contributed by atoms with E-state index in [9.17, 15) is 4.79 Å². The normalized spacial score (nSPS) is 14.7. The minimum absolute atomic E-state index is 0.144. The van der Waals surface area contributed by atoms with Gasteiger partial charge in [0, 0.05) is 11.8 Å². The van der Waals surface area contributed by atoms with Gasteiger partial charge in [0.25, 0.3) is 0 Å². The van der Waals surface area contributed by atoms with Gasteiger partial charge in [-0.2, -0.15) is 0 Å². The molecule has 0 heterocycles. The molecule has 14 heavy (non-hydrogen) atoms. The number of rotatable bonds is 4. The Morgan fingerprint density at radius 1 is 1.43 bits per heavy atom. The molecule has 1 rings (SSSR count). The molecule has 2 atom stereocenters. The van der Waals surface area contributed by atoms with Crippen LogP contribution in [0.25, 0.3) is 0 Å². The molecule has 3 heteroatoms. The minimum Gasteiger partial charge on any atom is -0.370 e. The van der Waals surface area contributed by atoms with Gasteiger partial charge in [-0.15, -0.1) is 11.6 Å². The maximum Gasteiger partial charge on any atom is 0.218 e. The van der Waals surface area contributed by atoms with E-state index in [-0.39, 0.29) is 23.6 Å². The highest BCUT2D eigenvalue weighted by Gasteiger charge is 2.17. The van der Waals surface area contributed by atoms with Crippen molar-refractivity contribution in [1.82, 2.24) is 0 Å². The van der Waals surface area contributed by atoms with Gasteiger partial charge in [0.1, 0.15) is 0 Å². The number of amides is 1. The summed E-state index contributed by atoms with van der Waals surface area (Å²) in [5, 5.41) is -0.227. The van der Waals surface area contributed by atoms with E-state index < -0.39 is 0 Å². The second-order valence-corrected chi connectivity index (χ2v) is 3.95. The predicted molar refractivity (Wildman–Crippen MR) is 58.3 cm³/mol. The number of alkyl halides is 1. The fourth-order valence-electron chi connectivity index (χ4n) is 1.33. The highest BCUT2D eigenvalue weighted by atomic mass is 35.5. The third-order valence-electron chi connectivity index (χ3n) is 2.26. The number of nitrogens with two attached hydrogens (primary N) is 1. The molecule has 0 bridgehead atoms. The van der Waals surface area contributed by atoms with Crippen molar-refractivity contribution in [3.63, 3.8) is 0 Å². The van der Waals surface area contributed by atoms with Crippen LogP contribution in [0.5, 0.6) is 0 Å². The molecule has 1 aromatic rings. The van der Waals surface area contributed by atoms with Gasteiger partial charge in [0.15, 0.2) is 0 Å². The molecule has 0 radical (unpaired) electrons.